The molecule has 0 spiro atoms. The number of hydrogen-bond donors (Lipinski definition) is 2. The highest BCUT2D eigenvalue weighted by atomic mass is 32.2. The van der Waals surface area contributed by atoms with Gasteiger partial charge in [0, 0.05) is 17.0 Å². The molecule has 3 aromatic heterocycles. The summed E-state index contributed by atoms with van der Waals surface area (Å²) >= 11 is 0. The molecule has 4 aromatic rings. The van der Waals surface area contributed by atoms with Gasteiger partial charge in [-0.25, -0.2) is 24.8 Å². The van der Waals surface area contributed by atoms with E-state index in [9.17, 15) is 12.8 Å². The molecule has 0 saturated heterocycles. The molecule has 0 bridgehead atoms. The number of pyridine rings is 1. The van der Waals surface area contributed by atoms with Crippen molar-refractivity contribution in [3.8, 4) is 22.6 Å². The molecule has 9 nitrogen and oxygen atoms in total. The van der Waals surface area contributed by atoms with Crippen molar-refractivity contribution >= 4 is 27.2 Å². The maximum absolute atomic E-state index is 13.6. The van der Waals surface area contributed by atoms with Crippen LogP contribution in [0.1, 0.15) is 60.3 Å². The number of H-pyrrole nitrogens is 1. The van der Waals surface area contributed by atoms with Crippen LogP contribution in [-0.2, 0) is 19.8 Å². The zero-order valence-corrected chi connectivity index (χ0v) is 23.2. The lowest BCUT2D eigenvalue weighted by Gasteiger charge is -2.29. The first kappa shape index (κ1) is 26.7. The molecule has 0 amide bonds. The summed E-state index contributed by atoms with van der Waals surface area (Å²) in [5.41, 5.74) is 5.86. The Labute approximate surface area is 216 Å². The van der Waals surface area contributed by atoms with E-state index in [2.05, 4.69) is 57.0 Å². The number of fused-ring (bicyclic) bond motifs is 1. The van der Waals surface area contributed by atoms with Crippen LogP contribution in [0, 0.1) is 11.2 Å². The summed E-state index contributed by atoms with van der Waals surface area (Å²) in [6.07, 6.45) is 0.957. The van der Waals surface area contributed by atoms with Crippen LogP contribution in [0.15, 0.2) is 36.4 Å². The number of anilines is 1. The molecule has 11 heteroatoms. The van der Waals surface area contributed by atoms with Crippen LogP contribution in [0.3, 0.4) is 0 Å². The number of halogens is 1. The Balaban J connectivity index is 1.93. The van der Waals surface area contributed by atoms with E-state index in [0.717, 1.165) is 17.6 Å². The molecular weight excluding hydrogens is 495 g/mol. The van der Waals surface area contributed by atoms with Crippen molar-refractivity contribution in [2.24, 2.45) is 5.41 Å². The molecule has 1 atom stereocenters. The molecule has 37 heavy (non-hydrogen) atoms. The molecular formula is C26H33FN6O3S. The predicted octanol–water partition coefficient (Wildman–Crippen LogP) is 5.84. The highest BCUT2D eigenvalue weighted by Crippen LogP contribution is 2.37. The highest BCUT2D eigenvalue weighted by Gasteiger charge is 2.29. The molecule has 0 saturated carbocycles. The third kappa shape index (κ3) is 5.67. The van der Waals surface area contributed by atoms with Crippen molar-refractivity contribution in [2.45, 2.75) is 59.9 Å². The van der Waals surface area contributed by atoms with Crippen LogP contribution in [0.2, 0.25) is 0 Å². The number of aromatic amines is 1. The van der Waals surface area contributed by atoms with E-state index in [4.69, 9.17) is 14.3 Å². The van der Waals surface area contributed by atoms with E-state index in [1.807, 2.05) is 23.6 Å². The number of rotatable bonds is 6. The second-order valence-electron chi connectivity index (χ2n) is 11.3. The Hall–Kier alpha value is -3.31. The lowest BCUT2D eigenvalue weighted by atomic mass is 9.88. The summed E-state index contributed by atoms with van der Waals surface area (Å²) in [6, 6.07) is 9.71. The van der Waals surface area contributed by atoms with Gasteiger partial charge in [0.25, 0.3) is 10.1 Å². The normalized spacial score (nSPS) is 13.8. The number of hydrogen-bond acceptors (Lipinski definition) is 7. The number of nitrogens with zero attached hydrogens (tertiary/aromatic N) is 4. The van der Waals surface area contributed by atoms with Crippen LogP contribution in [-0.4, -0.2) is 39.2 Å². The Bertz CT molecular complexity index is 1540. The number of nitrogens with one attached hydrogen (secondary N) is 2. The lowest BCUT2D eigenvalue weighted by Crippen LogP contribution is -2.24. The zero-order valence-electron chi connectivity index (χ0n) is 22.3. The average molecular weight is 529 g/mol. The van der Waals surface area contributed by atoms with Gasteiger partial charge in [-0.3, -0.25) is 4.57 Å². The minimum Gasteiger partial charge on any atom is -0.340 e. The molecule has 0 radical (unpaired) electrons. The Kier molecular flexibility index (Phi) is 6.66. The number of imidazole rings is 2. The minimum absolute atomic E-state index is 0.130. The Morgan fingerprint density at radius 1 is 1.00 bits per heavy atom. The highest BCUT2D eigenvalue weighted by molar-refractivity contribution is 7.86. The third-order valence-corrected chi connectivity index (χ3v) is 6.64. The van der Waals surface area contributed by atoms with Gasteiger partial charge >= 0.3 is 0 Å². The second kappa shape index (κ2) is 9.21. The fourth-order valence-corrected chi connectivity index (χ4v) is 4.01. The molecule has 2 N–H and O–H groups in total. The summed E-state index contributed by atoms with van der Waals surface area (Å²) < 4.78 is 43.6. The van der Waals surface area contributed by atoms with Gasteiger partial charge in [-0.2, -0.15) is 8.42 Å². The molecule has 1 aromatic carbocycles. The monoisotopic (exact) mass is 528 g/mol. The van der Waals surface area contributed by atoms with Gasteiger partial charge < -0.3 is 4.98 Å². The first-order valence-corrected chi connectivity index (χ1v) is 13.8. The molecule has 0 aliphatic carbocycles. The van der Waals surface area contributed by atoms with Gasteiger partial charge in [0.2, 0.25) is 5.95 Å². The SMILES string of the molecule is CC(n1c(NOS(C)(=O)=O)nc2ccc(-c3[nH]c(C(C)(C)C)nc3-c3ccc(F)cc3)nc21)C(C)(C)C. The van der Waals surface area contributed by atoms with E-state index < -0.39 is 10.1 Å². The summed E-state index contributed by atoms with van der Waals surface area (Å²) in [5, 5.41) is 0. The van der Waals surface area contributed by atoms with E-state index in [-0.39, 0.29) is 28.6 Å². The van der Waals surface area contributed by atoms with Crippen LogP contribution < -0.4 is 5.48 Å². The fourth-order valence-electron chi connectivity index (χ4n) is 3.78. The minimum atomic E-state index is -3.76. The Morgan fingerprint density at radius 3 is 2.22 bits per heavy atom. The summed E-state index contributed by atoms with van der Waals surface area (Å²) in [4.78, 5) is 17.8. The lowest BCUT2D eigenvalue weighted by molar-refractivity contribution is 0.264. The number of benzene rings is 1. The molecule has 3 heterocycles. The van der Waals surface area contributed by atoms with Crippen molar-refractivity contribution in [3.05, 3.63) is 48.0 Å². The van der Waals surface area contributed by atoms with Gasteiger partial charge in [-0.1, -0.05) is 41.5 Å². The van der Waals surface area contributed by atoms with Crippen molar-refractivity contribution in [1.82, 2.24) is 24.5 Å². The van der Waals surface area contributed by atoms with E-state index in [1.165, 1.54) is 12.1 Å². The van der Waals surface area contributed by atoms with E-state index in [0.29, 0.717) is 28.2 Å². The van der Waals surface area contributed by atoms with Crippen LogP contribution >= 0.6 is 0 Å². The van der Waals surface area contributed by atoms with Crippen LogP contribution in [0.4, 0.5) is 10.3 Å². The van der Waals surface area contributed by atoms with Crippen LogP contribution in [0.25, 0.3) is 33.8 Å². The maximum Gasteiger partial charge on any atom is 0.285 e. The van der Waals surface area contributed by atoms with E-state index >= 15 is 0 Å². The Morgan fingerprint density at radius 2 is 1.65 bits per heavy atom. The summed E-state index contributed by atoms with van der Waals surface area (Å²) in [6.45, 7) is 14.4. The standard InChI is InChI=1S/C26H33FN6O3S/c1-15(25(2,3)4)33-22-19(29-24(33)32-36-37(8,34)35)14-13-18(28-22)21-20(16-9-11-17(27)12-10-16)30-23(31-21)26(5,6)7/h9-15H,1-8H3,(H,29,32)(H,30,31). The molecule has 4 rings (SSSR count). The first-order chi connectivity index (χ1) is 17.0. The van der Waals surface area contributed by atoms with Gasteiger partial charge in [0.05, 0.1) is 23.3 Å². The van der Waals surface area contributed by atoms with E-state index in [1.54, 1.807) is 12.1 Å². The molecule has 0 fully saturated rings. The summed E-state index contributed by atoms with van der Waals surface area (Å²) in [7, 11) is -3.76. The van der Waals surface area contributed by atoms with Crippen molar-refractivity contribution in [2.75, 3.05) is 11.7 Å². The molecule has 1 unspecified atom stereocenters. The van der Waals surface area contributed by atoms with Crippen LogP contribution in [0.5, 0.6) is 0 Å². The molecule has 0 aliphatic heterocycles. The second-order valence-corrected chi connectivity index (χ2v) is 12.9. The van der Waals surface area contributed by atoms with Crippen molar-refractivity contribution in [1.29, 1.82) is 0 Å². The van der Waals surface area contributed by atoms with Crippen molar-refractivity contribution < 1.29 is 17.1 Å². The first-order valence-electron chi connectivity index (χ1n) is 11.9. The fraction of sp³-hybridized carbons (Fsp3) is 0.423. The zero-order chi connectivity index (χ0) is 27.3. The van der Waals surface area contributed by atoms with Gasteiger partial charge in [0.1, 0.15) is 17.2 Å². The quantitative estimate of drug-likeness (QED) is 0.302. The molecule has 0 aliphatic rings. The van der Waals surface area contributed by atoms with Gasteiger partial charge in [-0.05, 0) is 48.7 Å². The number of aromatic nitrogens is 5. The largest absolute Gasteiger partial charge is 0.340 e. The van der Waals surface area contributed by atoms with Gasteiger partial charge in [-0.15, -0.1) is 4.28 Å². The topological polar surface area (TPSA) is 115 Å². The summed E-state index contributed by atoms with van der Waals surface area (Å²) in [5.74, 6) is 0.670. The smallest absolute Gasteiger partial charge is 0.285 e. The maximum atomic E-state index is 13.6. The van der Waals surface area contributed by atoms with Gasteiger partial charge in [0.15, 0.2) is 5.65 Å². The molecule has 198 valence electrons. The average Bonchev–Trinajstić information content (AvgIpc) is 3.38. The predicted molar refractivity (Wildman–Crippen MR) is 143 cm³/mol. The van der Waals surface area contributed by atoms with Crippen molar-refractivity contribution in [3.63, 3.8) is 0 Å². The third-order valence-electron chi connectivity index (χ3n) is 6.25.